The zero-order valence-corrected chi connectivity index (χ0v) is 30.9. The lowest BCUT2D eigenvalue weighted by Gasteiger charge is -2.30. The minimum atomic E-state index is -3.80. The summed E-state index contributed by atoms with van der Waals surface area (Å²) in [6.45, 7) is 1.90. The SMILES string of the molecule is CS(=O)(=O)N[C@H](CCC1CCNCC1)C(=O)N1C[C@H](OCc2ccc(Cl)cc2)C[C@H]1C(=O)N[C@@H](Cc1ccc(F)cc1)C(=O)c1nc2ccccc2o1. The van der Waals surface area contributed by atoms with Gasteiger partial charge in [0.05, 0.1) is 19.0 Å². The number of sulfonamides is 1. The fourth-order valence-corrected chi connectivity index (χ4v) is 7.79. The van der Waals surface area contributed by atoms with E-state index in [1.807, 2.05) is 12.1 Å². The van der Waals surface area contributed by atoms with Crippen LogP contribution in [0, 0.1) is 11.7 Å². The smallest absolute Gasteiger partial charge is 0.266 e. The summed E-state index contributed by atoms with van der Waals surface area (Å²) in [5, 5.41) is 6.71. The van der Waals surface area contributed by atoms with E-state index in [0.717, 1.165) is 37.8 Å². The maximum atomic E-state index is 14.3. The Hall–Kier alpha value is -4.21. The van der Waals surface area contributed by atoms with E-state index in [-0.39, 0.29) is 38.3 Å². The molecule has 2 saturated heterocycles. The van der Waals surface area contributed by atoms with E-state index in [9.17, 15) is 27.2 Å². The van der Waals surface area contributed by atoms with E-state index in [0.29, 0.717) is 34.0 Å². The van der Waals surface area contributed by atoms with Crippen LogP contribution in [-0.2, 0) is 37.4 Å². The Bertz CT molecular complexity index is 1970. The largest absolute Gasteiger partial charge is 0.434 e. The van der Waals surface area contributed by atoms with Crippen LogP contribution in [0.25, 0.3) is 11.1 Å². The summed E-state index contributed by atoms with van der Waals surface area (Å²) in [7, 11) is -3.80. The van der Waals surface area contributed by atoms with E-state index < -0.39 is 57.7 Å². The topological polar surface area (TPSA) is 160 Å². The van der Waals surface area contributed by atoms with E-state index in [4.69, 9.17) is 20.8 Å². The molecular weight excluding hydrogens is 725 g/mol. The summed E-state index contributed by atoms with van der Waals surface area (Å²) in [6.07, 6.45) is 3.19. The number of rotatable bonds is 15. The predicted molar refractivity (Wildman–Crippen MR) is 197 cm³/mol. The number of hydrogen-bond donors (Lipinski definition) is 3. The van der Waals surface area contributed by atoms with Crippen molar-refractivity contribution in [3.8, 4) is 0 Å². The summed E-state index contributed by atoms with van der Waals surface area (Å²) in [5.74, 6) is -2.14. The third kappa shape index (κ3) is 10.5. The Morgan fingerprint density at radius 1 is 1.02 bits per heavy atom. The van der Waals surface area contributed by atoms with Gasteiger partial charge in [-0.25, -0.2) is 22.5 Å². The molecule has 3 N–H and O–H groups in total. The first-order valence-corrected chi connectivity index (χ1v) is 20.0. The molecule has 0 bridgehead atoms. The minimum absolute atomic E-state index is 0.0154. The second-order valence-corrected chi connectivity index (χ2v) is 16.0. The monoisotopic (exact) mass is 767 g/mol. The molecule has 0 saturated carbocycles. The molecule has 3 aromatic carbocycles. The molecule has 282 valence electrons. The number of amides is 2. The fourth-order valence-electron chi connectivity index (χ4n) is 6.93. The number of halogens is 2. The van der Waals surface area contributed by atoms with Crippen LogP contribution < -0.4 is 15.4 Å². The summed E-state index contributed by atoms with van der Waals surface area (Å²) < 4.78 is 53.3. The standard InChI is InChI=1S/C38H43ClFN5O7S/c1-53(49,50)44-31(15-10-24-16-18-41-19-17-24)38(48)45-22-29(51-23-26-6-11-27(39)12-7-26)21-33(45)36(47)42-32(20-25-8-13-28(40)14-9-25)35(46)37-43-30-4-2-3-5-34(30)52-37/h2-9,11-14,24,29,31-33,41,44H,10,15-23H2,1H3,(H,42,47)/t29-,31-,32+,33+/m1/s1. The lowest BCUT2D eigenvalue weighted by molar-refractivity contribution is -0.140. The first kappa shape index (κ1) is 38.5. The number of para-hydroxylation sites is 2. The molecule has 0 unspecified atom stereocenters. The number of nitrogens with one attached hydrogen (secondary N) is 3. The van der Waals surface area contributed by atoms with Crippen LogP contribution in [0.5, 0.6) is 0 Å². The van der Waals surface area contributed by atoms with Gasteiger partial charge in [0, 0.05) is 24.4 Å². The molecule has 4 aromatic rings. The predicted octanol–water partition coefficient (Wildman–Crippen LogP) is 4.41. The molecule has 4 atom stereocenters. The number of hydrogen-bond acceptors (Lipinski definition) is 9. The van der Waals surface area contributed by atoms with Crippen LogP contribution in [0.4, 0.5) is 4.39 Å². The van der Waals surface area contributed by atoms with Crippen LogP contribution in [0.2, 0.25) is 5.02 Å². The van der Waals surface area contributed by atoms with E-state index in [1.54, 1.807) is 36.4 Å². The summed E-state index contributed by atoms with van der Waals surface area (Å²) in [4.78, 5) is 48.3. The van der Waals surface area contributed by atoms with Gasteiger partial charge < -0.3 is 24.7 Å². The van der Waals surface area contributed by atoms with E-state index >= 15 is 0 Å². The highest BCUT2D eigenvalue weighted by atomic mass is 35.5. The fraction of sp³-hybridized carbons (Fsp3) is 0.421. The van der Waals surface area contributed by atoms with Crippen molar-refractivity contribution in [2.75, 3.05) is 25.9 Å². The zero-order valence-electron chi connectivity index (χ0n) is 29.3. The third-order valence-electron chi connectivity index (χ3n) is 9.71. The number of ether oxygens (including phenoxy) is 1. The molecule has 2 aliphatic heterocycles. The van der Waals surface area contributed by atoms with Crippen LogP contribution in [0.3, 0.4) is 0 Å². The Kier molecular flexibility index (Phi) is 12.6. The molecule has 15 heteroatoms. The van der Waals surface area contributed by atoms with Gasteiger partial charge in [0.15, 0.2) is 5.58 Å². The second-order valence-electron chi connectivity index (χ2n) is 13.8. The lowest BCUT2D eigenvalue weighted by atomic mass is 9.91. The van der Waals surface area contributed by atoms with Gasteiger partial charge in [0.2, 0.25) is 27.6 Å². The Balaban J connectivity index is 1.26. The highest BCUT2D eigenvalue weighted by molar-refractivity contribution is 7.88. The van der Waals surface area contributed by atoms with E-state index in [1.165, 1.54) is 29.2 Å². The van der Waals surface area contributed by atoms with Gasteiger partial charge in [0.1, 0.15) is 29.5 Å². The number of likely N-dealkylation sites (tertiary alicyclic amines) is 1. The van der Waals surface area contributed by atoms with Gasteiger partial charge >= 0.3 is 0 Å². The number of oxazole rings is 1. The number of carbonyl (C=O) groups is 3. The summed E-state index contributed by atoms with van der Waals surface area (Å²) >= 11 is 6.05. The first-order chi connectivity index (χ1) is 25.4. The van der Waals surface area contributed by atoms with Crippen LogP contribution in [0.1, 0.15) is 53.9 Å². The van der Waals surface area contributed by atoms with Crippen LogP contribution >= 0.6 is 11.6 Å². The highest BCUT2D eigenvalue weighted by Gasteiger charge is 2.44. The summed E-state index contributed by atoms with van der Waals surface area (Å²) in [5.41, 5.74) is 2.26. The van der Waals surface area contributed by atoms with Gasteiger partial charge in [-0.3, -0.25) is 14.4 Å². The first-order valence-electron chi connectivity index (χ1n) is 17.7. The lowest BCUT2D eigenvalue weighted by Crippen LogP contribution is -2.55. The number of piperidine rings is 1. The van der Waals surface area contributed by atoms with Gasteiger partial charge in [0.25, 0.3) is 5.89 Å². The van der Waals surface area contributed by atoms with Crippen molar-refractivity contribution >= 4 is 50.3 Å². The average Bonchev–Trinajstić information content (AvgIpc) is 3.78. The molecule has 0 radical (unpaired) electrons. The van der Waals surface area contributed by atoms with E-state index in [2.05, 4.69) is 20.3 Å². The number of nitrogens with zero attached hydrogens (tertiary/aromatic N) is 2. The maximum absolute atomic E-state index is 14.3. The number of aromatic nitrogens is 1. The number of Topliss-reactive ketones (excluding diaryl/α,β-unsaturated/α-hetero) is 1. The second kappa shape index (κ2) is 17.3. The molecule has 2 aliphatic rings. The van der Waals surface area contributed by atoms with Crippen molar-refractivity contribution in [3.05, 3.63) is 101 Å². The van der Waals surface area contributed by atoms with Gasteiger partial charge in [-0.05, 0) is 92.2 Å². The number of benzene rings is 3. The molecular formula is C38H43ClFN5O7S. The molecule has 3 heterocycles. The van der Waals surface area contributed by atoms with Crippen LogP contribution in [0.15, 0.2) is 77.2 Å². The summed E-state index contributed by atoms with van der Waals surface area (Å²) in [6, 6.07) is 16.1. The minimum Gasteiger partial charge on any atom is -0.434 e. The molecule has 6 rings (SSSR count). The van der Waals surface area contributed by atoms with Gasteiger partial charge in [-0.15, -0.1) is 0 Å². The zero-order chi connectivity index (χ0) is 37.5. The molecule has 2 fully saturated rings. The molecule has 1 aromatic heterocycles. The van der Waals surface area contributed by atoms with Gasteiger partial charge in [-0.2, -0.15) is 0 Å². The maximum Gasteiger partial charge on any atom is 0.266 e. The number of ketones is 1. The molecule has 0 aliphatic carbocycles. The molecule has 0 spiro atoms. The number of fused-ring (bicyclic) bond motifs is 1. The molecule has 53 heavy (non-hydrogen) atoms. The van der Waals surface area contributed by atoms with Crippen molar-refractivity contribution in [1.82, 2.24) is 25.2 Å². The van der Waals surface area contributed by atoms with Gasteiger partial charge in [-0.1, -0.05) is 48.0 Å². The van der Waals surface area contributed by atoms with Crippen molar-refractivity contribution in [3.63, 3.8) is 0 Å². The third-order valence-corrected chi connectivity index (χ3v) is 10.7. The van der Waals surface area contributed by atoms with Crippen molar-refractivity contribution in [1.29, 1.82) is 0 Å². The molecule has 12 nitrogen and oxygen atoms in total. The average molecular weight is 768 g/mol. The quantitative estimate of drug-likeness (QED) is 0.149. The Labute approximate surface area is 312 Å². The van der Waals surface area contributed by atoms with Crippen molar-refractivity contribution < 1.29 is 36.3 Å². The normalized spacial score (nSPS) is 19.3. The van der Waals surface area contributed by atoms with Crippen molar-refractivity contribution in [2.45, 2.75) is 69.4 Å². The number of carbonyl (C=O) groups excluding carboxylic acids is 3. The van der Waals surface area contributed by atoms with Crippen molar-refractivity contribution in [2.24, 2.45) is 5.92 Å². The Morgan fingerprint density at radius 2 is 1.72 bits per heavy atom. The van der Waals surface area contributed by atoms with Crippen LogP contribution in [-0.4, -0.2) is 86.0 Å². The Morgan fingerprint density at radius 3 is 2.42 bits per heavy atom. The molecule has 2 amide bonds. The highest BCUT2D eigenvalue weighted by Crippen LogP contribution is 2.27.